The van der Waals surface area contributed by atoms with Gasteiger partial charge in [0.15, 0.2) is 0 Å². The van der Waals surface area contributed by atoms with Crippen LogP contribution in [0.3, 0.4) is 0 Å². The number of nitrogens with one attached hydrogen (secondary N) is 1. The number of rotatable bonds is 6. The zero-order chi connectivity index (χ0) is 16.9. The number of aryl methyl sites for hydroxylation is 2. The van der Waals surface area contributed by atoms with E-state index in [4.69, 9.17) is 11.6 Å². The average Bonchev–Trinajstić information content (AvgIpc) is 2.91. The minimum absolute atomic E-state index is 0.0708. The molecule has 1 heterocycles. The summed E-state index contributed by atoms with van der Waals surface area (Å²) >= 11 is 7.84. The molecule has 2 nitrogen and oxygen atoms in total. The molecule has 2 aromatic carbocycles. The molecule has 124 valence electrons. The van der Waals surface area contributed by atoms with E-state index in [1.807, 2.05) is 25.1 Å². The lowest BCUT2D eigenvalue weighted by Gasteiger charge is -2.04. The summed E-state index contributed by atoms with van der Waals surface area (Å²) in [6.07, 6.45) is 3.06. The van der Waals surface area contributed by atoms with Crippen molar-refractivity contribution in [2.75, 3.05) is 6.54 Å². The summed E-state index contributed by atoms with van der Waals surface area (Å²) in [4.78, 5) is 13.0. The van der Waals surface area contributed by atoms with Gasteiger partial charge in [-0.1, -0.05) is 54.1 Å². The van der Waals surface area contributed by atoms with Crippen molar-refractivity contribution in [3.63, 3.8) is 0 Å². The molecule has 0 saturated heterocycles. The van der Waals surface area contributed by atoms with Gasteiger partial charge in [0.25, 0.3) is 5.91 Å². The van der Waals surface area contributed by atoms with Gasteiger partial charge in [-0.2, -0.15) is 0 Å². The third-order valence-electron chi connectivity index (χ3n) is 4.01. The molecule has 0 atom stereocenters. The highest BCUT2D eigenvalue weighted by Crippen LogP contribution is 2.35. The molecule has 0 bridgehead atoms. The molecular formula is C20H20ClNOS. The van der Waals surface area contributed by atoms with Crippen LogP contribution < -0.4 is 5.32 Å². The molecule has 24 heavy (non-hydrogen) atoms. The van der Waals surface area contributed by atoms with E-state index in [-0.39, 0.29) is 5.91 Å². The number of carbonyl (C=O) groups excluding carboxylic acids is 1. The van der Waals surface area contributed by atoms with Gasteiger partial charge < -0.3 is 5.32 Å². The second-order valence-corrected chi connectivity index (χ2v) is 7.37. The number of amides is 1. The Labute approximate surface area is 151 Å². The molecule has 0 radical (unpaired) electrons. The molecule has 1 aromatic heterocycles. The van der Waals surface area contributed by atoms with Crippen LogP contribution in [-0.4, -0.2) is 12.5 Å². The summed E-state index contributed by atoms with van der Waals surface area (Å²) in [6, 6.07) is 16.5. The van der Waals surface area contributed by atoms with Crippen LogP contribution >= 0.6 is 22.9 Å². The summed E-state index contributed by atoms with van der Waals surface area (Å²) in [7, 11) is 0. The van der Waals surface area contributed by atoms with Gasteiger partial charge in [-0.15, -0.1) is 11.3 Å². The summed E-state index contributed by atoms with van der Waals surface area (Å²) in [5.74, 6) is -0.0708. The molecule has 4 heteroatoms. The fourth-order valence-corrected chi connectivity index (χ4v) is 4.23. The lowest BCUT2D eigenvalue weighted by molar-refractivity contribution is 0.0957. The SMILES string of the molecule is Cc1ccc2c(Cl)c(C(=O)NCCCCc3ccccc3)sc2c1. The molecule has 3 rings (SSSR count). The van der Waals surface area contributed by atoms with Crippen LogP contribution in [0.5, 0.6) is 0 Å². The summed E-state index contributed by atoms with van der Waals surface area (Å²) in [5, 5.41) is 4.51. The smallest absolute Gasteiger partial charge is 0.262 e. The molecule has 0 aliphatic carbocycles. The third kappa shape index (κ3) is 3.97. The molecule has 0 unspecified atom stereocenters. The molecule has 0 aliphatic heterocycles. The Morgan fingerprint density at radius 2 is 1.92 bits per heavy atom. The highest BCUT2D eigenvalue weighted by Gasteiger charge is 2.16. The zero-order valence-corrected chi connectivity index (χ0v) is 15.2. The monoisotopic (exact) mass is 357 g/mol. The van der Waals surface area contributed by atoms with E-state index < -0.39 is 0 Å². The summed E-state index contributed by atoms with van der Waals surface area (Å²) in [5.41, 5.74) is 2.51. The Balaban J connectivity index is 1.53. The maximum atomic E-state index is 12.4. The van der Waals surface area contributed by atoms with Gasteiger partial charge in [0, 0.05) is 16.6 Å². The molecule has 0 spiro atoms. The van der Waals surface area contributed by atoms with Gasteiger partial charge in [0.1, 0.15) is 4.88 Å². The van der Waals surface area contributed by atoms with E-state index in [9.17, 15) is 4.79 Å². The number of fused-ring (bicyclic) bond motifs is 1. The van der Waals surface area contributed by atoms with Crippen LogP contribution in [0.15, 0.2) is 48.5 Å². The lowest BCUT2D eigenvalue weighted by Crippen LogP contribution is -2.23. The Morgan fingerprint density at radius 1 is 1.12 bits per heavy atom. The second kappa shape index (κ2) is 7.82. The fraction of sp³-hybridized carbons (Fsp3) is 0.250. The molecular weight excluding hydrogens is 338 g/mol. The minimum Gasteiger partial charge on any atom is -0.351 e. The predicted octanol–water partition coefficient (Wildman–Crippen LogP) is 5.62. The zero-order valence-electron chi connectivity index (χ0n) is 13.6. The third-order valence-corrected chi connectivity index (χ3v) is 5.67. The predicted molar refractivity (Wildman–Crippen MR) is 103 cm³/mol. The molecule has 0 fully saturated rings. The van der Waals surface area contributed by atoms with Crippen LogP contribution in [0, 0.1) is 6.92 Å². The first-order valence-corrected chi connectivity index (χ1v) is 9.35. The number of hydrogen-bond acceptors (Lipinski definition) is 2. The quantitative estimate of drug-likeness (QED) is 0.570. The van der Waals surface area contributed by atoms with Gasteiger partial charge in [-0.3, -0.25) is 4.79 Å². The number of carbonyl (C=O) groups is 1. The molecule has 3 aromatic rings. The Hall–Kier alpha value is -1.84. The van der Waals surface area contributed by atoms with Gasteiger partial charge >= 0.3 is 0 Å². The Morgan fingerprint density at radius 3 is 2.71 bits per heavy atom. The van der Waals surface area contributed by atoms with Crippen molar-refractivity contribution >= 4 is 38.9 Å². The van der Waals surface area contributed by atoms with Gasteiger partial charge in [-0.25, -0.2) is 0 Å². The molecule has 1 amide bonds. The lowest BCUT2D eigenvalue weighted by atomic mass is 10.1. The maximum absolute atomic E-state index is 12.4. The highest BCUT2D eigenvalue weighted by atomic mass is 35.5. The maximum Gasteiger partial charge on any atom is 0.262 e. The van der Waals surface area contributed by atoms with Crippen molar-refractivity contribution < 1.29 is 4.79 Å². The van der Waals surface area contributed by atoms with E-state index in [0.29, 0.717) is 16.4 Å². The van der Waals surface area contributed by atoms with E-state index in [2.05, 4.69) is 35.6 Å². The standard InChI is InChI=1S/C20H20ClNOS/c1-14-10-11-16-17(13-14)24-19(18(16)21)20(23)22-12-6-5-9-15-7-3-2-4-8-15/h2-4,7-8,10-11,13H,5-6,9,12H2,1H3,(H,22,23). The van der Waals surface area contributed by atoms with E-state index >= 15 is 0 Å². The van der Waals surface area contributed by atoms with E-state index in [0.717, 1.165) is 29.3 Å². The number of benzene rings is 2. The van der Waals surface area contributed by atoms with Crippen molar-refractivity contribution in [3.8, 4) is 0 Å². The second-order valence-electron chi connectivity index (χ2n) is 5.94. The van der Waals surface area contributed by atoms with Crippen molar-refractivity contribution in [1.29, 1.82) is 0 Å². The highest BCUT2D eigenvalue weighted by molar-refractivity contribution is 7.21. The molecule has 0 aliphatic rings. The van der Waals surface area contributed by atoms with Crippen LogP contribution in [0.1, 0.15) is 33.6 Å². The summed E-state index contributed by atoms with van der Waals surface area (Å²) < 4.78 is 1.06. The largest absolute Gasteiger partial charge is 0.351 e. The number of halogens is 1. The normalized spacial score (nSPS) is 10.9. The fourth-order valence-electron chi connectivity index (χ4n) is 2.70. The topological polar surface area (TPSA) is 29.1 Å². The van der Waals surface area contributed by atoms with Gasteiger partial charge in [0.05, 0.1) is 5.02 Å². The van der Waals surface area contributed by atoms with Crippen LogP contribution in [0.25, 0.3) is 10.1 Å². The number of unbranched alkanes of at least 4 members (excludes halogenated alkanes) is 1. The summed E-state index contributed by atoms with van der Waals surface area (Å²) in [6.45, 7) is 2.72. The van der Waals surface area contributed by atoms with E-state index in [1.54, 1.807) is 0 Å². The Kier molecular flexibility index (Phi) is 5.54. The van der Waals surface area contributed by atoms with Crippen molar-refractivity contribution in [2.24, 2.45) is 0 Å². The van der Waals surface area contributed by atoms with Crippen LogP contribution in [-0.2, 0) is 6.42 Å². The number of hydrogen-bond donors (Lipinski definition) is 1. The molecule has 1 N–H and O–H groups in total. The van der Waals surface area contributed by atoms with Crippen molar-refractivity contribution in [2.45, 2.75) is 26.2 Å². The first kappa shape index (κ1) is 17.0. The first-order chi connectivity index (χ1) is 11.6. The minimum atomic E-state index is -0.0708. The first-order valence-electron chi connectivity index (χ1n) is 8.16. The molecule has 0 saturated carbocycles. The van der Waals surface area contributed by atoms with Gasteiger partial charge in [-0.05, 0) is 43.4 Å². The van der Waals surface area contributed by atoms with Crippen LogP contribution in [0.2, 0.25) is 5.02 Å². The average molecular weight is 358 g/mol. The number of thiophene rings is 1. The van der Waals surface area contributed by atoms with Crippen LogP contribution in [0.4, 0.5) is 0 Å². The van der Waals surface area contributed by atoms with Gasteiger partial charge in [0.2, 0.25) is 0 Å². The van der Waals surface area contributed by atoms with Crippen molar-refractivity contribution in [1.82, 2.24) is 5.32 Å². The Bertz CT molecular complexity index is 841. The van der Waals surface area contributed by atoms with E-state index in [1.165, 1.54) is 22.5 Å². The van der Waals surface area contributed by atoms with Crippen molar-refractivity contribution in [3.05, 3.63) is 69.6 Å².